The molecule has 0 amide bonds. The van der Waals surface area contributed by atoms with Gasteiger partial charge in [-0.25, -0.2) is 14.2 Å². The highest BCUT2D eigenvalue weighted by Crippen LogP contribution is 2.38. The fraction of sp³-hybridized carbons (Fsp3) is 0.318. The molecule has 1 aromatic carbocycles. The van der Waals surface area contributed by atoms with Gasteiger partial charge in [0.15, 0.2) is 6.10 Å². The summed E-state index contributed by atoms with van der Waals surface area (Å²) in [7, 11) is 1.79. The van der Waals surface area contributed by atoms with Crippen LogP contribution in [0.15, 0.2) is 23.0 Å². The summed E-state index contributed by atoms with van der Waals surface area (Å²) in [5.74, 6) is -1.36. The second-order valence-corrected chi connectivity index (χ2v) is 7.20. The monoisotopic (exact) mass is 426 g/mol. The van der Waals surface area contributed by atoms with Gasteiger partial charge in [-0.2, -0.15) is 0 Å². The van der Waals surface area contributed by atoms with Gasteiger partial charge in [0.2, 0.25) is 0 Å². The molecule has 31 heavy (non-hydrogen) atoms. The molecular formula is C22H23FN4O4. The van der Waals surface area contributed by atoms with Crippen molar-refractivity contribution in [3.05, 3.63) is 56.6 Å². The molecule has 5 rings (SSSR count). The van der Waals surface area contributed by atoms with Gasteiger partial charge in [0, 0.05) is 29.1 Å². The molecule has 1 unspecified atom stereocenters. The number of nitrogens with one attached hydrogen (secondary N) is 1. The number of hydrogen-bond acceptors (Lipinski definition) is 7. The molecule has 0 saturated heterocycles. The van der Waals surface area contributed by atoms with Crippen molar-refractivity contribution in [3.8, 4) is 11.4 Å². The zero-order chi connectivity index (χ0) is 22.4. The molecule has 0 bridgehead atoms. The van der Waals surface area contributed by atoms with Gasteiger partial charge >= 0.3 is 5.97 Å². The van der Waals surface area contributed by atoms with E-state index in [0.29, 0.717) is 28.8 Å². The number of nitrogen functional groups attached to an aromatic ring is 1. The Morgan fingerprint density at radius 2 is 2.03 bits per heavy atom. The number of aliphatic hydroxyl groups is 1. The Hall–Kier alpha value is -3.30. The smallest absolute Gasteiger partial charge is 0.340 e. The van der Waals surface area contributed by atoms with Crippen LogP contribution in [-0.2, 0) is 29.2 Å². The average molecular weight is 426 g/mol. The number of nitrogens with zero attached hydrogens (tertiary/aromatic N) is 2. The van der Waals surface area contributed by atoms with Crippen molar-refractivity contribution in [2.45, 2.75) is 39.6 Å². The van der Waals surface area contributed by atoms with E-state index in [1.165, 1.54) is 6.07 Å². The van der Waals surface area contributed by atoms with Crippen LogP contribution in [-0.4, -0.2) is 27.7 Å². The second-order valence-electron chi connectivity index (χ2n) is 7.20. The first kappa shape index (κ1) is 21.0. The van der Waals surface area contributed by atoms with E-state index in [9.17, 15) is 19.1 Å². The molecule has 0 fully saturated rings. The molecule has 3 aromatic rings. The third kappa shape index (κ3) is 3.08. The molecule has 4 heterocycles. The number of aromatic nitrogens is 2. The Kier molecular flexibility index (Phi) is 5.24. The van der Waals surface area contributed by atoms with Crippen molar-refractivity contribution in [2.75, 3.05) is 12.8 Å². The maximum atomic E-state index is 14.1. The summed E-state index contributed by atoms with van der Waals surface area (Å²) in [6.45, 7) is 4.57. The van der Waals surface area contributed by atoms with Gasteiger partial charge in [-0.15, -0.1) is 0 Å². The van der Waals surface area contributed by atoms with Crippen molar-refractivity contribution in [2.24, 2.45) is 0 Å². The molecule has 0 saturated carbocycles. The Bertz CT molecular complexity index is 1290. The Balaban J connectivity index is 0.00000112. The standard InChI is InChI=1S/C20H17FN4O4.C2H6/c1-23-5-10-8-2-14(22)13(21)4-15(8)24-17-11(10)6-25-16(17)3-9-12(19(25)27)7-29-20(28)18(9)26;1-2/h2-4,18,23,26H,5-7,22H2,1H3;1-2H3. The van der Waals surface area contributed by atoms with Crippen molar-refractivity contribution in [1.29, 1.82) is 0 Å². The molecule has 2 aliphatic rings. The summed E-state index contributed by atoms with van der Waals surface area (Å²) in [5.41, 5.74) is 9.04. The molecule has 1 atom stereocenters. The molecule has 0 aliphatic carbocycles. The van der Waals surface area contributed by atoms with Crippen molar-refractivity contribution in [1.82, 2.24) is 14.9 Å². The lowest BCUT2D eigenvalue weighted by molar-refractivity contribution is -0.157. The third-order valence-electron chi connectivity index (χ3n) is 5.55. The summed E-state index contributed by atoms with van der Waals surface area (Å²) in [5, 5.41) is 14.0. The van der Waals surface area contributed by atoms with Crippen molar-refractivity contribution < 1.29 is 19.0 Å². The zero-order valence-corrected chi connectivity index (χ0v) is 17.5. The normalized spacial score (nSPS) is 16.2. The first-order valence-electron chi connectivity index (χ1n) is 10.1. The van der Waals surface area contributed by atoms with Crippen molar-refractivity contribution in [3.63, 3.8) is 0 Å². The van der Waals surface area contributed by atoms with Crippen LogP contribution in [0.1, 0.15) is 42.2 Å². The summed E-state index contributed by atoms with van der Waals surface area (Å²) in [6.07, 6.45) is -1.52. The summed E-state index contributed by atoms with van der Waals surface area (Å²) < 4.78 is 20.5. The van der Waals surface area contributed by atoms with E-state index in [0.717, 1.165) is 11.1 Å². The van der Waals surface area contributed by atoms with Gasteiger partial charge < -0.3 is 25.5 Å². The lowest BCUT2D eigenvalue weighted by atomic mass is 9.98. The van der Waals surface area contributed by atoms with Crippen LogP contribution in [0.5, 0.6) is 0 Å². The number of hydrogen-bond donors (Lipinski definition) is 3. The van der Waals surface area contributed by atoms with Gasteiger partial charge in [0.1, 0.15) is 12.4 Å². The van der Waals surface area contributed by atoms with E-state index >= 15 is 0 Å². The van der Waals surface area contributed by atoms with Crippen LogP contribution in [0.4, 0.5) is 10.1 Å². The van der Waals surface area contributed by atoms with E-state index in [1.807, 2.05) is 13.8 Å². The molecule has 2 aromatic heterocycles. The molecule has 8 nitrogen and oxygen atoms in total. The minimum atomic E-state index is -1.52. The van der Waals surface area contributed by atoms with Crippen molar-refractivity contribution >= 4 is 22.6 Å². The van der Waals surface area contributed by atoms with Gasteiger partial charge in [-0.1, -0.05) is 13.8 Å². The maximum absolute atomic E-state index is 14.1. The number of cyclic esters (lactones) is 1. The largest absolute Gasteiger partial charge is 0.458 e. The van der Waals surface area contributed by atoms with Crippen LogP contribution in [0.25, 0.3) is 22.3 Å². The van der Waals surface area contributed by atoms with Gasteiger partial charge in [-0.05, 0) is 24.7 Å². The molecule has 2 aliphatic heterocycles. The molecule has 0 spiro atoms. The van der Waals surface area contributed by atoms with E-state index in [2.05, 4.69) is 10.3 Å². The molecule has 162 valence electrons. The fourth-order valence-corrected chi connectivity index (χ4v) is 4.13. The molecule has 4 N–H and O–H groups in total. The lowest BCUT2D eigenvalue weighted by Crippen LogP contribution is -2.32. The summed E-state index contributed by atoms with van der Waals surface area (Å²) in [6, 6.07) is 4.43. The number of fused-ring (bicyclic) bond motifs is 5. The number of esters is 1. The number of rotatable bonds is 2. The highest BCUT2D eigenvalue weighted by molar-refractivity contribution is 5.90. The lowest BCUT2D eigenvalue weighted by Gasteiger charge is -2.21. The predicted octanol–water partition coefficient (Wildman–Crippen LogP) is 1.98. The van der Waals surface area contributed by atoms with E-state index in [-0.39, 0.29) is 35.5 Å². The highest BCUT2D eigenvalue weighted by atomic mass is 19.1. The topological polar surface area (TPSA) is 119 Å². The minimum Gasteiger partial charge on any atom is -0.458 e. The summed E-state index contributed by atoms with van der Waals surface area (Å²) in [4.78, 5) is 29.4. The number of carbonyl (C=O) groups excluding carboxylic acids is 1. The van der Waals surface area contributed by atoms with Crippen LogP contribution in [0.3, 0.4) is 0 Å². The van der Waals surface area contributed by atoms with Crippen LogP contribution in [0.2, 0.25) is 0 Å². The minimum absolute atomic E-state index is 0.0264. The second kappa shape index (κ2) is 7.75. The quantitative estimate of drug-likeness (QED) is 0.331. The predicted molar refractivity (Wildman–Crippen MR) is 114 cm³/mol. The molecule has 0 radical (unpaired) electrons. The number of anilines is 1. The SMILES string of the molecule is CC.CNCc1c2c(nc3cc(F)c(N)cc13)-c1cc3c(c(=O)n1C2)COC(=O)C3O. The highest BCUT2D eigenvalue weighted by Gasteiger charge is 2.34. The van der Waals surface area contributed by atoms with Crippen LogP contribution in [0, 0.1) is 5.82 Å². The van der Waals surface area contributed by atoms with E-state index < -0.39 is 17.9 Å². The summed E-state index contributed by atoms with van der Waals surface area (Å²) >= 11 is 0. The van der Waals surface area contributed by atoms with Gasteiger partial charge in [0.25, 0.3) is 5.56 Å². The van der Waals surface area contributed by atoms with Gasteiger partial charge in [-0.3, -0.25) is 4.79 Å². The Morgan fingerprint density at radius 3 is 2.74 bits per heavy atom. The van der Waals surface area contributed by atoms with Gasteiger partial charge in [0.05, 0.1) is 34.7 Å². The average Bonchev–Trinajstić information content (AvgIpc) is 3.13. The van der Waals surface area contributed by atoms with Crippen LogP contribution >= 0.6 is 0 Å². The zero-order valence-electron chi connectivity index (χ0n) is 17.5. The first-order chi connectivity index (χ1) is 14.9. The number of ether oxygens (including phenoxy) is 1. The number of aliphatic hydroxyl groups excluding tert-OH is 1. The molecular weight excluding hydrogens is 403 g/mol. The maximum Gasteiger partial charge on any atom is 0.340 e. The van der Waals surface area contributed by atoms with E-state index in [4.69, 9.17) is 10.5 Å². The third-order valence-corrected chi connectivity index (χ3v) is 5.55. The molecule has 9 heteroatoms. The van der Waals surface area contributed by atoms with E-state index in [1.54, 1.807) is 23.7 Å². The number of halogens is 1. The number of nitrogens with two attached hydrogens (primary N) is 1. The fourth-order valence-electron chi connectivity index (χ4n) is 4.13. The number of benzene rings is 1. The Morgan fingerprint density at radius 1 is 1.29 bits per heavy atom. The number of pyridine rings is 2. The Labute approximate surface area is 177 Å². The number of carbonyl (C=O) groups is 1. The van der Waals surface area contributed by atoms with Crippen LogP contribution < -0.4 is 16.6 Å². The first-order valence-corrected chi connectivity index (χ1v) is 10.1.